The number of benzene rings is 2. The summed E-state index contributed by atoms with van der Waals surface area (Å²) in [5.41, 5.74) is 5.94. The van der Waals surface area contributed by atoms with E-state index in [1.165, 1.54) is 18.2 Å². The summed E-state index contributed by atoms with van der Waals surface area (Å²) in [6.07, 6.45) is 0. The molecule has 0 bridgehead atoms. The molecule has 0 aromatic heterocycles. The van der Waals surface area contributed by atoms with Crippen LogP contribution < -0.4 is 16.2 Å². The smallest absolute Gasteiger partial charge is 0.284 e. The standard InChI is InChI=1S/C15H13BrN4O3S/c16-12-7-6-11(8-13(12)20(22)23)14(21)18-19-15(24)17-9-10-4-2-1-3-5-10/h1-8H,9H2,(H,18,21)(H2,17,19,24). The Bertz CT molecular complexity index is 771. The van der Waals surface area contributed by atoms with Crippen LogP contribution in [0.2, 0.25) is 0 Å². The molecule has 0 radical (unpaired) electrons. The van der Waals surface area contributed by atoms with Crippen molar-refractivity contribution in [3.05, 3.63) is 74.2 Å². The minimum atomic E-state index is -0.569. The van der Waals surface area contributed by atoms with E-state index < -0.39 is 10.8 Å². The van der Waals surface area contributed by atoms with Crippen molar-refractivity contribution in [3.8, 4) is 0 Å². The predicted octanol–water partition coefficient (Wildman–Crippen LogP) is 2.67. The number of nitro benzene ring substituents is 1. The quantitative estimate of drug-likeness (QED) is 0.408. The summed E-state index contributed by atoms with van der Waals surface area (Å²) in [7, 11) is 0. The van der Waals surface area contributed by atoms with Crippen molar-refractivity contribution < 1.29 is 9.72 Å². The molecule has 9 heteroatoms. The summed E-state index contributed by atoms with van der Waals surface area (Å²) >= 11 is 8.12. The van der Waals surface area contributed by atoms with E-state index in [1.54, 1.807) is 0 Å². The van der Waals surface area contributed by atoms with Gasteiger partial charge in [0.15, 0.2) is 5.11 Å². The molecule has 2 aromatic rings. The van der Waals surface area contributed by atoms with Gasteiger partial charge in [0.05, 0.1) is 9.40 Å². The van der Waals surface area contributed by atoms with Crippen molar-refractivity contribution in [1.82, 2.24) is 16.2 Å². The molecule has 0 saturated heterocycles. The number of carbonyl (C=O) groups is 1. The van der Waals surface area contributed by atoms with Crippen molar-refractivity contribution in [2.75, 3.05) is 0 Å². The van der Waals surface area contributed by atoms with E-state index >= 15 is 0 Å². The number of rotatable bonds is 4. The monoisotopic (exact) mass is 408 g/mol. The number of thiocarbonyl (C=S) groups is 1. The fourth-order valence-corrected chi connectivity index (χ4v) is 2.32. The second-order valence-corrected chi connectivity index (χ2v) is 5.93. The van der Waals surface area contributed by atoms with Crippen molar-refractivity contribution >= 4 is 44.9 Å². The molecule has 0 heterocycles. The van der Waals surface area contributed by atoms with Crippen LogP contribution in [0.1, 0.15) is 15.9 Å². The summed E-state index contributed by atoms with van der Waals surface area (Å²) in [5, 5.41) is 14.0. The maximum Gasteiger partial charge on any atom is 0.284 e. The fraction of sp³-hybridized carbons (Fsp3) is 0.0667. The number of nitrogens with zero attached hydrogens (tertiary/aromatic N) is 1. The van der Waals surface area contributed by atoms with Gasteiger partial charge in [0.1, 0.15) is 0 Å². The molecule has 0 aliphatic carbocycles. The Kier molecular flexibility index (Phi) is 6.21. The Hall–Kier alpha value is -2.52. The lowest BCUT2D eigenvalue weighted by Crippen LogP contribution is -2.46. The normalized spacial score (nSPS) is 9.88. The number of nitro groups is 1. The Labute approximate surface area is 151 Å². The lowest BCUT2D eigenvalue weighted by atomic mass is 10.2. The highest BCUT2D eigenvalue weighted by Gasteiger charge is 2.15. The molecule has 7 nitrogen and oxygen atoms in total. The molecule has 0 atom stereocenters. The van der Waals surface area contributed by atoms with Crippen LogP contribution in [0.15, 0.2) is 53.0 Å². The number of amides is 1. The van der Waals surface area contributed by atoms with E-state index in [2.05, 4.69) is 32.1 Å². The van der Waals surface area contributed by atoms with Crippen molar-refractivity contribution in [3.63, 3.8) is 0 Å². The van der Waals surface area contributed by atoms with Crippen molar-refractivity contribution in [2.45, 2.75) is 6.54 Å². The zero-order valence-corrected chi connectivity index (χ0v) is 14.7. The van der Waals surface area contributed by atoms with Crippen LogP contribution in [0.5, 0.6) is 0 Å². The van der Waals surface area contributed by atoms with Crippen LogP contribution in [-0.2, 0) is 6.54 Å². The Morgan fingerprint density at radius 2 is 1.88 bits per heavy atom. The first-order valence-corrected chi connectivity index (χ1v) is 7.99. The van der Waals surface area contributed by atoms with Crippen molar-refractivity contribution in [1.29, 1.82) is 0 Å². The number of hydrogen-bond donors (Lipinski definition) is 3. The minimum Gasteiger partial charge on any atom is -0.357 e. The zero-order valence-electron chi connectivity index (χ0n) is 12.3. The van der Waals surface area contributed by atoms with Crippen LogP contribution in [0.4, 0.5) is 5.69 Å². The second-order valence-electron chi connectivity index (χ2n) is 4.67. The number of nitrogens with one attached hydrogen (secondary N) is 3. The third kappa shape index (κ3) is 5.00. The molecule has 0 unspecified atom stereocenters. The molecule has 0 saturated carbocycles. The Morgan fingerprint density at radius 3 is 2.54 bits per heavy atom. The van der Waals surface area contributed by atoms with Gasteiger partial charge >= 0.3 is 0 Å². The molecule has 124 valence electrons. The molecule has 3 N–H and O–H groups in total. The third-order valence-electron chi connectivity index (χ3n) is 2.99. The molecule has 0 aliphatic rings. The summed E-state index contributed by atoms with van der Waals surface area (Å²) in [6.45, 7) is 0.506. The number of hydrazine groups is 1. The lowest BCUT2D eigenvalue weighted by molar-refractivity contribution is -0.385. The van der Waals surface area contributed by atoms with Crippen LogP contribution in [0, 0.1) is 10.1 Å². The van der Waals surface area contributed by atoms with Gasteiger partial charge in [0.2, 0.25) is 0 Å². The van der Waals surface area contributed by atoms with E-state index in [0.717, 1.165) is 5.56 Å². The topological polar surface area (TPSA) is 96.3 Å². The van der Waals surface area contributed by atoms with E-state index in [1.807, 2.05) is 30.3 Å². The first-order chi connectivity index (χ1) is 11.5. The predicted molar refractivity (Wildman–Crippen MR) is 97.3 cm³/mol. The molecular weight excluding hydrogens is 396 g/mol. The highest BCUT2D eigenvalue weighted by molar-refractivity contribution is 9.10. The van der Waals surface area contributed by atoms with Gasteiger partial charge < -0.3 is 5.32 Å². The van der Waals surface area contributed by atoms with E-state index in [9.17, 15) is 14.9 Å². The summed E-state index contributed by atoms with van der Waals surface area (Å²) in [4.78, 5) is 22.3. The average molecular weight is 409 g/mol. The van der Waals surface area contributed by atoms with Gasteiger partial charge in [-0.1, -0.05) is 30.3 Å². The van der Waals surface area contributed by atoms with Gasteiger partial charge in [-0.2, -0.15) is 0 Å². The van der Waals surface area contributed by atoms with Crippen LogP contribution in [0.25, 0.3) is 0 Å². The fourth-order valence-electron chi connectivity index (χ4n) is 1.80. The van der Waals surface area contributed by atoms with Gasteiger partial charge in [0, 0.05) is 18.2 Å². The van der Waals surface area contributed by atoms with E-state index in [-0.39, 0.29) is 16.4 Å². The van der Waals surface area contributed by atoms with Crippen LogP contribution in [0.3, 0.4) is 0 Å². The van der Waals surface area contributed by atoms with Crippen LogP contribution >= 0.6 is 28.1 Å². The number of carbonyl (C=O) groups excluding carboxylic acids is 1. The molecule has 24 heavy (non-hydrogen) atoms. The largest absolute Gasteiger partial charge is 0.357 e. The third-order valence-corrected chi connectivity index (χ3v) is 3.91. The number of hydrogen-bond acceptors (Lipinski definition) is 4. The van der Waals surface area contributed by atoms with Gasteiger partial charge in [-0.15, -0.1) is 0 Å². The van der Waals surface area contributed by atoms with Gasteiger partial charge in [0.25, 0.3) is 11.6 Å². The maximum absolute atomic E-state index is 12.0. The summed E-state index contributed by atoms with van der Waals surface area (Å²) < 4.78 is 0.303. The first-order valence-electron chi connectivity index (χ1n) is 6.79. The highest BCUT2D eigenvalue weighted by atomic mass is 79.9. The molecular formula is C15H13BrN4O3S. The maximum atomic E-state index is 12.0. The molecule has 2 aromatic carbocycles. The summed E-state index contributed by atoms with van der Waals surface area (Å²) in [6, 6.07) is 13.7. The van der Waals surface area contributed by atoms with E-state index in [4.69, 9.17) is 12.2 Å². The number of halogens is 1. The van der Waals surface area contributed by atoms with Gasteiger partial charge in [-0.05, 0) is 45.8 Å². The molecule has 0 aliphatic heterocycles. The van der Waals surface area contributed by atoms with Crippen LogP contribution in [-0.4, -0.2) is 15.9 Å². The first kappa shape index (κ1) is 17.8. The van der Waals surface area contributed by atoms with Gasteiger partial charge in [-0.25, -0.2) is 0 Å². The van der Waals surface area contributed by atoms with Crippen molar-refractivity contribution in [2.24, 2.45) is 0 Å². The highest BCUT2D eigenvalue weighted by Crippen LogP contribution is 2.25. The summed E-state index contributed by atoms with van der Waals surface area (Å²) in [5.74, 6) is -0.533. The molecule has 1 amide bonds. The second kappa shape index (κ2) is 8.37. The van der Waals surface area contributed by atoms with E-state index in [0.29, 0.717) is 11.0 Å². The zero-order chi connectivity index (χ0) is 17.5. The Morgan fingerprint density at radius 1 is 1.17 bits per heavy atom. The SMILES string of the molecule is O=C(NNC(=S)NCc1ccccc1)c1ccc(Br)c([N+](=O)[O-])c1. The average Bonchev–Trinajstić information content (AvgIpc) is 2.59. The Balaban J connectivity index is 1.87. The lowest BCUT2D eigenvalue weighted by Gasteiger charge is -2.11. The minimum absolute atomic E-state index is 0.142. The molecule has 0 spiro atoms. The molecule has 2 rings (SSSR count). The van der Waals surface area contributed by atoms with Gasteiger partial charge in [-0.3, -0.25) is 25.8 Å². The molecule has 0 fully saturated rings.